The second kappa shape index (κ2) is 6.26. The lowest BCUT2D eigenvalue weighted by Gasteiger charge is -1.87. The molecule has 0 heterocycles. The van der Waals surface area contributed by atoms with Crippen LogP contribution >= 0.6 is 7.82 Å². The summed E-state index contributed by atoms with van der Waals surface area (Å²) in [4.78, 5) is 31.4. The molecule has 0 aromatic heterocycles. The van der Waals surface area contributed by atoms with Crippen LogP contribution in [-0.2, 0) is 14.1 Å². The molecule has 0 saturated heterocycles. The summed E-state index contributed by atoms with van der Waals surface area (Å²) >= 11 is 0. The fraction of sp³-hybridized carbons (Fsp3) is 0.667. The van der Waals surface area contributed by atoms with E-state index in [2.05, 4.69) is 4.74 Å². The van der Waals surface area contributed by atoms with E-state index < -0.39 is 7.82 Å². The lowest BCUT2D eigenvalue weighted by atomic mass is 10.7. The largest absolute Gasteiger partial charge is 0.468 e. The molecule has 0 atom stereocenters. The summed E-state index contributed by atoms with van der Waals surface area (Å²) in [6.07, 6.45) is 0. The standard InChI is InChI=1S/C3H7NO2.H3O4P/c1-6-3(5)2-4;1-5(2,3)4/h2,4H2,1H3;(H3,1,2,3,4). The molecular weight excluding hydrogens is 177 g/mol. The van der Waals surface area contributed by atoms with Gasteiger partial charge in [-0.05, 0) is 0 Å². The van der Waals surface area contributed by atoms with Crippen molar-refractivity contribution in [1.29, 1.82) is 0 Å². The summed E-state index contributed by atoms with van der Waals surface area (Å²) in [6, 6.07) is 0. The van der Waals surface area contributed by atoms with Crippen LogP contribution in [-0.4, -0.2) is 34.3 Å². The number of hydrogen-bond acceptors (Lipinski definition) is 4. The summed E-state index contributed by atoms with van der Waals surface area (Å²) in [5.74, 6) is -0.380. The number of carbonyl (C=O) groups excluding carboxylic acids is 1. The number of phosphoric acid groups is 1. The lowest BCUT2D eigenvalue weighted by Crippen LogP contribution is -2.14. The van der Waals surface area contributed by atoms with Crippen molar-refractivity contribution in [2.75, 3.05) is 13.7 Å². The van der Waals surface area contributed by atoms with E-state index in [1.807, 2.05) is 0 Å². The molecule has 11 heavy (non-hydrogen) atoms. The topological polar surface area (TPSA) is 130 Å². The SMILES string of the molecule is COC(=O)CN.O=P(O)(O)O. The molecule has 0 radical (unpaired) electrons. The van der Waals surface area contributed by atoms with E-state index in [0.717, 1.165) is 0 Å². The second-order valence-corrected chi connectivity index (χ2v) is 2.32. The van der Waals surface area contributed by atoms with Crippen molar-refractivity contribution in [2.45, 2.75) is 0 Å². The fourth-order valence-corrected chi connectivity index (χ4v) is 0.0833. The molecule has 68 valence electrons. The zero-order chi connectivity index (χ0) is 9.49. The summed E-state index contributed by atoms with van der Waals surface area (Å²) in [5, 5.41) is 0. The van der Waals surface area contributed by atoms with E-state index in [4.69, 9.17) is 25.0 Å². The predicted molar refractivity (Wildman–Crippen MR) is 35.3 cm³/mol. The van der Waals surface area contributed by atoms with Gasteiger partial charge in [0, 0.05) is 0 Å². The highest BCUT2D eigenvalue weighted by atomic mass is 31.2. The molecule has 0 bridgehead atoms. The van der Waals surface area contributed by atoms with Crippen molar-refractivity contribution >= 4 is 13.8 Å². The number of rotatable bonds is 1. The predicted octanol–water partition coefficient (Wildman–Crippen LogP) is -1.81. The third-order valence-corrected chi connectivity index (χ3v) is 0.394. The van der Waals surface area contributed by atoms with Crippen molar-refractivity contribution in [2.24, 2.45) is 5.73 Å². The molecule has 0 aliphatic rings. The van der Waals surface area contributed by atoms with E-state index in [0.29, 0.717) is 0 Å². The Kier molecular flexibility index (Phi) is 7.49. The van der Waals surface area contributed by atoms with Gasteiger partial charge in [0.25, 0.3) is 0 Å². The van der Waals surface area contributed by atoms with Crippen molar-refractivity contribution in [3.63, 3.8) is 0 Å². The van der Waals surface area contributed by atoms with E-state index in [1.54, 1.807) is 0 Å². The van der Waals surface area contributed by atoms with Crippen LogP contribution in [0.15, 0.2) is 0 Å². The highest BCUT2D eigenvalue weighted by Crippen LogP contribution is 2.25. The minimum atomic E-state index is -4.64. The van der Waals surface area contributed by atoms with Crippen LogP contribution in [0.2, 0.25) is 0 Å². The number of hydrogen-bond donors (Lipinski definition) is 4. The third-order valence-electron chi connectivity index (χ3n) is 0.394. The first-order valence-electron chi connectivity index (χ1n) is 2.36. The van der Waals surface area contributed by atoms with E-state index in [9.17, 15) is 4.79 Å². The van der Waals surface area contributed by atoms with Crippen LogP contribution < -0.4 is 5.73 Å². The van der Waals surface area contributed by atoms with Gasteiger partial charge >= 0.3 is 13.8 Å². The minimum Gasteiger partial charge on any atom is -0.468 e. The minimum absolute atomic E-state index is 0.0312. The van der Waals surface area contributed by atoms with Crippen LogP contribution in [0.5, 0.6) is 0 Å². The molecule has 0 aromatic rings. The molecule has 5 N–H and O–H groups in total. The summed E-state index contributed by atoms with van der Waals surface area (Å²) in [5.41, 5.74) is 4.81. The average molecular weight is 187 g/mol. The van der Waals surface area contributed by atoms with Crippen molar-refractivity contribution in [3.8, 4) is 0 Å². The zero-order valence-electron chi connectivity index (χ0n) is 5.80. The first-order valence-corrected chi connectivity index (χ1v) is 3.93. The Hall–Kier alpha value is -0.460. The molecule has 0 aromatic carbocycles. The van der Waals surface area contributed by atoms with Gasteiger partial charge in [0.15, 0.2) is 0 Å². The Bertz CT molecular complexity index is 138. The molecule has 0 aliphatic carbocycles. The molecule has 7 nitrogen and oxygen atoms in total. The smallest absolute Gasteiger partial charge is 0.466 e. The van der Waals surface area contributed by atoms with Crippen LogP contribution in [0.1, 0.15) is 0 Å². The maximum absolute atomic E-state index is 9.83. The summed E-state index contributed by atoms with van der Waals surface area (Å²) < 4.78 is 13.0. The number of esters is 1. The van der Waals surface area contributed by atoms with Gasteiger partial charge in [0.1, 0.15) is 0 Å². The normalized spacial score (nSPS) is 9.55. The third kappa shape index (κ3) is 43.3. The zero-order valence-corrected chi connectivity index (χ0v) is 6.69. The number of carbonyl (C=O) groups is 1. The van der Waals surface area contributed by atoms with Crippen LogP contribution in [0.4, 0.5) is 0 Å². The summed E-state index contributed by atoms with van der Waals surface area (Å²) in [6.45, 7) is -0.0312. The number of nitrogens with two attached hydrogens (primary N) is 1. The van der Waals surface area contributed by atoms with E-state index in [-0.39, 0.29) is 12.5 Å². The summed E-state index contributed by atoms with van der Waals surface area (Å²) in [7, 11) is -3.34. The van der Waals surface area contributed by atoms with Gasteiger partial charge in [0.2, 0.25) is 0 Å². The second-order valence-electron chi connectivity index (χ2n) is 1.29. The van der Waals surface area contributed by atoms with Crippen molar-refractivity contribution < 1.29 is 28.8 Å². The van der Waals surface area contributed by atoms with Gasteiger partial charge in [0.05, 0.1) is 13.7 Å². The van der Waals surface area contributed by atoms with Gasteiger partial charge in [-0.15, -0.1) is 0 Å². The molecule has 0 spiro atoms. The van der Waals surface area contributed by atoms with Gasteiger partial charge in [-0.3, -0.25) is 4.79 Å². The monoisotopic (exact) mass is 187 g/mol. The Morgan fingerprint density at radius 2 is 1.82 bits per heavy atom. The average Bonchev–Trinajstić information content (AvgIpc) is 1.83. The lowest BCUT2D eigenvalue weighted by molar-refractivity contribution is -0.138. The Morgan fingerprint density at radius 1 is 1.55 bits per heavy atom. The molecule has 0 saturated carbocycles. The van der Waals surface area contributed by atoms with Crippen LogP contribution in [0.3, 0.4) is 0 Å². The van der Waals surface area contributed by atoms with E-state index >= 15 is 0 Å². The van der Waals surface area contributed by atoms with Crippen molar-refractivity contribution in [1.82, 2.24) is 0 Å². The Labute approximate surface area is 63.0 Å². The number of ether oxygens (including phenoxy) is 1. The Balaban J connectivity index is 0. The maximum Gasteiger partial charge on any atom is 0.466 e. The van der Waals surface area contributed by atoms with Crippen LogP contribution in [0.25, 0.3) is 0 Å². The molecule has 0 rings (SSSR count). The first kappa shape index (κ1) is 13.2. The van der Waals surface area contributed by atoms with E-state index in [1.165, 1.54) is 7.11 Å². The highest BCUT2D eigenvalue weighted by molar-refractivity contribution is 7.45. The number of methoxy groups -OCH3 is 1. The van der Waals surface area contributed by atoms with Crippen LogP contribution in [0, 0.1) is 0 Å². The molecule has 0 fully saturated rings. The molecule has 0 aliphatic heterocycles. The van der Waals surface area contributed by atoms with Gasteiger partial charge in [-0.1, -0.05) is 0 Å². The molecule has 0 unspecified atom stereocenters. The maximum atomic E-state index is 9.83. The van der Waals surface area contributed by atoms with Gasteiger partial charge in [-0.2, -0.15) is 0 Å². The molecule has 0 amide bonds. The van der Waals surface area contributed by atoms with Crippen molar-refractivity contribution in [3.05, 3.63) is 0 Å². The molecule has 8 heteroatoms. The highest BCUT2D eigenvalue weighted by Gasteiger charge is 2.00. The Morgan fingerprint density at radius 3 is 1.82 bits per heavy atom. The first-order chi connectivity index (χ1) is 4.81. The fourth-order valence-electron chi connectivity index (χ4n) is 0.0833. The van der Waals surface area contributed by atoms with Gasteiger partial charge in [-0.25, -0.2) is 4.57 Å². The molecular formula is C3H10NO6P. The quantitative estimate of drug-likeness (QED) is 0.281. The van der Waals surface area contributed by atoms with Gasteiger partial charge < -0.3 is 25.2 Å².